The summed E-state index contributed by atoms with van der Waals surface area (Å²) in [6.07, 6.45) is -4.52. The topological polar surface area (TPSA) is 57.7 Å². The molecule has 2 aromatic carbocycles. The van der Waals surface area contributed by atoms with Crippen LogP contribution in [0.1, 0.15) is 11.1 Å². The van der Waals surface area contributed by atoms with E-state index in [0.29, 0.717) is 5.69 Å². The first-order valence-corrected chi connectivity index (χ1v) is 10.6. The van der Waals surface area contributed by atoms with Crippen LogP contribution in [0.4, 0.5) is 28.0 Å². The zero-order valence-electron chi connectivity index (χ0n) is 14.9. The summed E-state index contributed by atoms with van der Waals surface area (Å²) in [5.41, 5.74) is -0.250. The largest absolute Gasteiger partial charge is 0.416 e. The SMILES string of the molecule is O=C1N(Cc2cccc(C(F)(F)F)c2)[C@H]2CS(=O)(=O)C[C@H]2N1c1ccc(F)cc1. The van der Waals surface area contributed by atoms with Gasteiger partial charge in [0.15, 0.2) is 9.84 Å². The number of carbonyl (C=O) groups excluding carboxylic acids is 1. The average molecular weight is 428 g/mol. The number of benzene rings is 2. The van der Waals surface area contributed by atoms with Crippen LogP contribution in [0, 0.1) is 5.82 Å². The summed E-state index contributed by atoms with van der Waals surface area (Å²) in [4.78, 5) is 15.6. The van der Waals surface area contributed by atoms with Crippen molar-refractivity contribution in [2.75, 3.05) is 16.4 Å². The molecule has 0 spiro atoms. The summed E-state index contributed by atoms with van der Waals surface area (Å²) >= 11 is 0. The number of sulfone groups is 1. The molecule has 29 heavy (non-hydrogen) atoms. The van der Waals surface area contributed by atoms with E-state index in [0.717, 1.165) is 24.3 Å². The number of amides is 2. The van der Waals surface area contributed by atoms with Gasteiger partial charge in [0.05, 0.1) is 29.2 Å². The summed E-state index contributed by atoms with van der Waals surface area (Å²) in [6.45, 7) is -0.156. The van der Waals surface area contributed by atoms with Gasteiger partial charge in [0.25, 0.3) is 0 Å². The highest BCUT2D eigenvalue weighted by atomic mass is 32.2. The van der Waals surface area contributed by atoms with Gasteiger partial charge >= 0.3 is 12.2 Å². The molecule has 2 aromatic rings. The van der Waals surface area contributed by atoms with E-state index in [2.05, 4.69) is 0 Å². The van der Waals surface area contributed by atoms with Gasteiger partial charge < -0.3 is 4.90 Å². The number of carbonyl (C=O) groups is 1. The molecule has 0 bridgehead atoms. The van der Waals surface area contributed by atoms with E-state index in [1.165, 1.54) is 34.1 Å². The van der Waals surface area contributed by atoms with Crippen molar-refractivity contribution in [1.29, 1.82) is 0 Å². The fourth-order valence-electron chi connectivity index (χ4n) is 3.91. The van der Waals surface area contributed by atoms with Crippen molar-refractivity contribution in [3.8, 4) is 0 Å². The highest BCUT2D eigenvalue weighted by Crippen LogP contribution is 2.36. The lowest BCUT2D eigenvalue weighted by Gasteiger charge is -2.23. The van der Waals surface area contributed by atoms with Gasteiger partial charge in [-0.15, -0.1) is 0 Å². The van der Waals surface area contributed by atoms with Crippen molar-refractivity contribution in [2.45, 2.75) is 24.8 Å². The molecule has 0 N–H and O–H groups in total. The summed E-state index contributed by atoms with van der Waals surface area (Å²) in [5, 5.41) is 0. The predicted octanol–water partition coefficient (Wildman–Crippen LogP) is 3.45. The first kappa shape index (κ1) is 19.7. The van der Waals surface area contributed by atoms with Gasteiger partial charge in [-0.1, -0.05) is 12.1 Å². The molecule has 2 aliphatic heterocycles. The third kappa shape index (κ3) is 3.68. The van der Waals surface area contributed by atoms with E-state index in [4.69, 9.17) is 0 Å². The molecule has 2 saturated heterocycles. The normalized spacial score (nSPS) is 23.5. The quantitative estimate of drug-likeness (QED) is 0.556. The number of fused-ring (bicyclic) bond motifs is 1. The van der Waals surface area contributed by atoms with Gasteiger partial charge in [0.2, 0.25) is 0 Å². The lowest BCUT2D eigenvalue weighted by Crippen LogP contribution is -2.37. The van der Waals surface area contributed by atoms with E-state index >= 15 is 0 Å². The van der Waals surface area contributed by atoms with Crippen molar-refractivity contribution in [1.82, 2.24) is 4.90 Å². The minimum atomic E-state index is -4.52. The maximum absolute atomic E-state index is 13.3. The molecular weight excluding hydrogens is 412 g/mol. The molecule has 2 amide bonds. The Balaban J connectivity index is 1.68. The monoisotopic (exact) mass is 428 g/mol. The maximum Gasteiger partial charge on any atom is 0.416 e. The average Bonchev–Trinajstić information content (AvgIpc) is 3.06. The van der Waals surface area contributed by atoms with Crippen LogP contribution in [-0.4, -0.2) is 42.9 Å². The second-order valence-corrected chi connectivity index (χ2v) is 9.32. The van der Waals surface area contributed by atoms with Crippen LogP contribution < -0.4 is 4.90 Å². The molecule has 154 valence electrons. The number of alkyl halides is 3. The van der Waals surface area contributed by atoms with E-state index in [-0.39, 0.29) is 23.6 Å². The Kier molecular flexibility index (Phi) is 4.56. The van der Waals surface area contributed by atoms with Crippen molar-refractivity contribution < 1.29 is 30.8 Å². The Hall–Kier alpha value is -2.62. The molecule has 0 unspecified atom stereocenters. The van der Waals surface area contributed by atoms with E-state index in [1.807, 2.05) is 0 Å². The van der Waals surface area contributed by atoms with Crippen LogP contribution in [-0.2, 0) is 22.6 Å². The molecule has 0 radical (unpaired) electrons. The first-order valence-electron chi connectivity index (χ1n) is 8.77. The molecule has 2 fully saturated rings. The maximum atomic E-state index is 13.3. The number of hydrogen-bond donors (Lipinski definition) is 0. The molecule has 2 heterocycles. The van der Waals surface area contributed by atoms with Gasteiger partial charge in [0, 0.05) is 12.2 Å². The number of anilines is 1. The van der Waals surface area contributed by atoms with Crippen LogP contribution in [0.15, 0.2) is 48.5 Å². The summed E-state index contributed by atoms with van der Waals surface area (Å²) in [6, 6.07) is 7.80. The van der Waals surface area contributed by atoms with Gasteiger partial charge in [-0.3, -0.25) is 4.90 Å². The zero-order chi connectivity index (χ0) is 21.0. The Morgan fingerprint density at radius 2 is 1.66 bits per heavy atom. The van der Waals surface area contributed by atoms with Crippen molar-refractivity contribution in [3.63, 3.8) is 0 Å². The second kappa shape index (κ2) is 6.72. The molecular formula is C19H16F4N2O3S. The molecule has 10 heteroatoms. The smallest absolute Gasteiger partial charge is 0.314 e. The molecule has 4 rings (SSSR count). The fraction of sp³-hybridized carbons (Fsp3) is 0.316. The minimum Gasteiger partial charge on any atom is -0.314 e. The number of halogens is 4. The number of urea groups is 1. The highest BCUT2D eigenvalue weighted by molar-refractivity contribution is 7.91. The third-order valence-electron chi connectivity index (χ3n) is 5.19. The minimum absolute atomic E-state index is 0.156. The van der Waals surface area contributed by atoms with Crippen molar-refractivity contribution in [3.05, 3.63) is 65.5 Å². The molecule has 0 aliphatic carbocycles. The second-order valence-electron chi connectivity index (χ2n) is 7.17. The Morgan fingerprint density at radius 3 is 2.31 bits per heavy atom. The zero-order valence-corrected chi connectivity index (χ0v) is 15.8. The van der Waals surface area contributed by atoms with Crippen LogP contribution in [0.25, 0.3) is 0 Å². The number of rotatable bonds is 3. The molecule has 2 atom stereocenters. The lowest BCUT2D eigenvalue weighted by molar-refractivity contribution is -0.137. The fourth-order valence-corrected chi connectivity index (χ4v) is 5.86. The Morgan fingerprint density at radius 1 is 1.00 bits per heavy atom. The third-order valence-corrected chi connectivity index (χ3v) is 6.89. The Labute approximate surface area is 164 Å². The van der Waals surface area contributed by atoms with Crippen LogP contribution in [0.3, 0.4) is 0 Å². The molecule has 0 aromatic heterocycles. The number of hydrogen-bond acceptors (Lipinski definition) is 3. The van der Waals surface area contributed by atoms with E-state index < -0.39 is 45.5 Å². The number of nitrogens with zero attached hydrogens (tertiary/aromatic N) is 2. The highest BCUT2D eigenvalue weighted by Gasteiger charge is 2.53. The first-order chi connectivity index (χ1) is 13.5. The van der Waals surface area contributed by atoms with Crippen LogP contribution in [0.5, 0.6) is 0 Å². The molecule has 2 aliphatic rings. The van der Waals surface area contributed by atoms with Crippen molar-refractivity contribution in [2.24, 2.45) is 0 Å². The van der Waals surface area contributed by atoms with Gasteiger partial charge in [-0.2, -0.15) is 13.2 Å². The van der Waals surface area contributed by atoms with E-state index in [1.54, 1.807) is 0 Å². The predicted molar refractivity (Wildman–Crippen MR) is 97.5 cm³/mol. The van der Waals surface area contributed by atoms with Crippen LogP contribution in [0.2, 0.25) is 0 Å². The summed E-state index contributed by atoms with van der Waals surface area (Å²) in [7, 11) is -3.42. The summed E-state index contributed by atoms with van der Waals surface area (Å²) < 4.78 is 76.6. The lowest BCUT2D eigenvalue weighted by atomic mass is 10.1. The van der Waals surface area contributed by atoms with Gasteiger partial charge in [-0.25, -0.2) is 17.6 Å². The van der Waals surface area contributed by atoms with Crippen LogP contribution >= 0.6 is 0 Å². The van der Waals surface area contributed by atoms with Gasteiger partial charge in [0.1, 0.15) is 5.82 Å². The molecule has 0 saturated carbocycles. The standard InChI is InChI=1S/C19H16F4N2O3S/c20-14-4-6-15(7-5-14)25-17-11-29(27,28)10-16(17)24(18(25)26)9-12-2-1-3-13(8-12)19(21,22)23/h1-8,16-17H,9-11H2/t16-,17+/m0/s1. The van der Waals surface area contributed by atoms with Crippen molar-refractivity contribution >= 4 is 21.6 Å². The van der Waals surface area contributed by atoms with Gasteiger partial charge in [-0.05, 0) is 42.0 Å². The molecule has 5 nitrogen and oxygen atoms in total. The Bertz CT molecular complexity index is 1050. The summed E-state index contributed by atoms with van der Waals surface area (Å²) in [5.74, 6) is -1.02. The van der Waals surface area contributed by atoms with E-state index in [9.17, 15) is 30.8 Å².